The second-order valence-electron chi connectivity index (χ2n) is 9.24. The lowest BCUT2D eigenvalue weighted by molar-refractivity contribution is -0.258. The molecule has 6 atom stereocenters. The molecule has 1 aromatic carbocycles. The van der Waals surface area contributed by atoms with E-state index < -0.39 is 5.60 Å². The normalized spacial score (nSPS) is 45.2. The zero-order valence-corrected chi connectivity index (χ0v) is 16.3. The number of carbonyl (C=O) groups excluding carboxylic acids is 1. The minimum absolute atomic E-state index is 0.0666. The zero-order chi connectivity index (χ0) is 18.6. The molecule has 0 unspecified atom stereocenters. The van der Waals surface area contributed by atoms with E-state index in [-0.39, 0.29) is 28.6 Å². The number of hydrogen-bond acceptors (Lipinski definition) is 5. The van der Waals surface area contributed by atoms with Crippen molar-refractivity contribution in [2.45, 2.75) is 62.2 Å². The van der Waals surface area contributed by atoms with E-state index in [2.05, 4.69) is 11.4 Å². The largest absolute Gasteiger partial charge is 0.493 e. The number of nitrogens with one attached hydrogen (secondary N) is 1. The second kappa shape index (κ2) is 4.87. The molecule has 5 nitrogen and oxygen atoms in total. The van der Waals surface area contributed by atoms with Crippen LogP contribution in [0.1, 0.15) is 43.7 Å². The predicted molar refractivity (Wildman–Crippen MR) is 99.4 cm³/mol. The van der Waals surface area contributed by atoms with Gasteiger partial charge < -0.3 is 19.5 Å². The van der Waals surface area contributed by atoms with Crippen LogP contribution in [0.25, 0.3) is 0 Å². The van der Waals surface area contributed by atoms with Gasteiger partial charge in [-0.2, -0.15) is 0 Å². The van der Waals surface area contributed by atoms with E-state index in [9.17, 15) is 4.79 Å². The molecule has 4 bridgehead atoms. The lowest BCUT2D eigenvalue weighted by Gasteiger charge is -2.72. The predicted octanol–water partition coefficient (Wildman–Crippen LogP) is 2.39. The molecule has 27 heavy (non-hydrogen) atoms. The first-order chi connectivity index (χ1) is 13.0. The summed E-state index contributed by atoms with van der Waals surface area (Å²) in [7, 11) is 3.49. The molecule has 7 rings (SSSR count). The summed E-state index contributed by atoms with van der Waals surface area (Å²) in [6.07, 6.45) is 4.83. The van der Waals surface area contributed by atoms with E-state index >= 15 is 0 Å². The highest BCUT2D eigenvalue weighted by Crippen LogP contribution is 2.75. The van der Waals surface area contributed by atoms with Gasteiger partial charge in [-0.05, 0) is 57.2 Å². The van der Waals surface area contributed by atoms with Gasteiger partial charge in [0.1, 0.15) is 17.5 Å². The van der Waals surface area contributed by atoms with Crippen LogP contribution < -0.4 is 14.8 Å². The van der Waals surface area contributed by atoms with Gasteiger partial charge >= 0.3 is 0 Å². The van der Waals surface area contributed by atoms with E-state index in [1.54, 1.807) is 21.1 Å². The lowest BCUT2D eigenvalue weighted by Crippen LogP contribution is -2.81. The number of piperidine rings is 1. The van der Waals surface area contributed by atoms with Gasteiger partial charge in [0.25, 0.3) is 0 Å². The quantitative estimate of drug-likeness (QED) is 0.887. The molecule has 0 radical (unpaired) electrons. The molecular weight excluding hydrogens is 342 g/mol. The van der Waals surface area contributed by atoms with Gasteiger partial charge in [0.05, 0.1) is 13.0 Å². The standard InChI is InChI=1S/C22H27NO4/c1-12(24)14-11-20-6-7-22(14,26-3)19-21(20)8-9-23-16(20)10-13-4-5-15(25-2)18(27-19)17(13)21/h4-5,14,16,19,23H,6-11H2,1-3H3/t14-,16+,19+,20+,21-,22+/m0/s1. The fourth-order valence-corrected chi connectivity index (χ4v) is 7.97. The van der Waals surface area contributed by atoms with Gasteiger partial charge in [-0.15, -0.1) is 0 Å². The molecule has 4 fully saturated rings. The minimum Gasteiger partial charge on any atom is -0.493 e. The Morgan fingerprint density at radius 1 is 1.26 bits per heavy atom. The van der Waals surface area contributed by atoms with Crippen molar-refractivity contribution in [3.8, 4) is 11.5 Å². The van der Waals surface area contributed by atoms with Gasteiger partial charge in [-0.3, -0.25) is 4.79 Å². The van der Waals surface area contributed by atoms with Crippen LogP contribution in [0.15, 0.2) is 12.1 Å². The third kappa shape index (κ3) is 1.50. The topological polar surface area (TPSA) is 56.8 Å². The van der Waals surface area contributed by atoms with Crippen molar-refractivity contribution >= 4 is 5.78 Å². The van der Waals surface area contributed by atoms with Gasteiger partial charge in [0.15, 0.2) is 11.5 Å². The molecule has 144 valence electrons. The van der Waals surface area contributed by atoms with Crippen molar-refractivity contribution < 1.29 is 19.0 Å². The molecule has 1 saturated heterocycles. The summed E-state index contributed by atoms with van der Waals surface area (Å²) in [5, 5.41) is 3.83. The van der Waals surface area contributed by atoms with Crippen LogP contribution in [-0.2, 0) is 21.4 Å². The van der Waals surface area contributed by atoms with E-state index in [0.717, 1.165) is 50.1 Å². The molecule has 4 aliphatic carbocycles. The van der Waals surface area contributed by atoms with Crippen molar-refractivity contribution in [1.82, 2.24) is 5.32 Å². The number of fused-ring (bicyclic) bond motifs is 2. The maximum atomic E-state index is 12.7. The van der Waals surface area contributed by atoms with Crippen LogP contribution in [0.5, 0.6) is 11.5 Å². The van der Waals surface area contributed by atoms with E-state index in [0.29, 0.717) is 6.04 Å². The Labute approximate surface area is 159 Å². The smallest absolute Gasteiger partial charge is 0.165 e. The Balaban J connectivity index is 1.69. The molecule has 1 aromatic rings. The Morgan fingerprint density at radius 3 is 2.85 bits per heavy atom. The van der Waals surface area contributed by atoms with E-state index in [1.807, 2.05) is 6.07 Å². The number of Topliss-reactive ketones (excluding diaryl/α,β-unsaturated/α-hetero) is 1. The SMILES string of the molecule is COc1ccc2c3c1O[C@H]1[C@@]4(OC)CC[C@@]5(C[C@H]4C(C)=O)[C@@H](C2)NCC[C@]315. The van der Waals surface area contributed by atoms with Gasteiger partial charge in [-0.1, -0.05) is 6.07 Å². The number of benzene rings is 1. The summed E-state index contributed by atoms with van der Waals surface area (Å²) in [6, 6.07) is 4.67. The summed E-state index contributed by atoms with van der Waals surface area (Å²) < 4.78 is 18.7. The number of ketones is 1. The van der Waals surface area contributed by atoms with Gasteiger partial charge in [0.2, 0.25) is 0 Å². The molecule has 6 aliphatic rings. The molecule has 2 aliphatic heterocycles. The lowest BCUT2D eigenvalue weighted by atomic mass is 9.35. The highest BCUT2D eigenvalue weighted by molar-refractivity contribution is 5.81. The third-order valence-corrected chi connectivity index (χ3v) is 8.88. The molecule has 2 heterocycles. The number of ether oxygens (including phenoxy) is 3. The highest BCUT2D eigenvalue weighted by Gasteiger charge is 2.80. The van der Waals surface area contributed by atoms with Crippen LogP contribution >= 0.6 is 0 Å². The molecule has 5 heteroatoms. The van der Waals surface area contributed by atoms with Crippen molar-refractivity contribution in [3.63, 3.8) is 0 Å². The average molecular weight is 369 g/mol. The summed E-state index contributed by atoms with van der Waals surface area (Å²) >= 11 is 0. The van der Waals surface area contributed by atoms with Gasteiger partial charge in [0, 0.05) is 29.5 Å². The van der Waals surface area contributed by atoms with Crippen LogP contribution in [0.4, 0.5) is 0 Å². The summed E-state index contributed by atoms with van der Waals surface area (Å²) in [5.74, 6) is 1.87. The number of methoxy groups -OCH3 is 2. The van der Waals surface area contributed by atoms with Crippen molar-refractivity contribution in [2.24, 2.45) is 11.3 Å². The first-order valence-corrected chi connectivity index (χ1v) is 10.2. The first kappa shape index (κ1) is 16.4. The van der Waals surface area contributed by atoms with Crippen molar-refractivity contribution in [2.75, 3.05) is 20.8 Å². The molecule has 0 amide bonds. The number of hydrogen-bond donors (Lipinski definition) is 1. The minimum atomic E-state index is -0.534. The monoisotopic (exact) mass is 369 g/mol. The first-order valence-electron chi connectivity index (χ1n) is 10.2. The fraction of sp³-hybridized carbons (Fsp3) is 0.682. The fourth-order valence-electron chi connectivity index (χ4n) is 7.97. The Hall–Kier alpha value is -1.59. The average Bonchev–Trinajstić information content (AvgIpc) is 3.03. The maximum absolute atomic E-state index is 12.7. The summed E-state index contributed by atoms with van der Waals surface area (Å²) in [6.45, 7) is 2.72. The highest BCUT2D eigenvalue weighted by atomic mass is 16.6. The summed E-state index contributed by atoms with van der Waals surface area (Å²) in [4.78, 5) is 12.7. The molecule has 1 N–H and O–H groups in total. The zero-order valence-electron chi connectivity index (χ0n) is 16.3. The van der Waals surface area contributed by atoms with E-state index in [4.69, 9.17) is 14.2 Å². The summed E-state index contributed by atoms with van der Waals surface area (Å²) in [5.41, 5.74) is 2.22. The third-order valence-electron chi connectivity index (χ3n) is 8.88. The Bertz CT molecular complexity index is 868. The molecule has 2 spiro atoms. The molecular formula is C22H27NO4. The van der Waals surface area contributed by atoms with E-state index in [1.165, 1.54) is 11.1 Å². The van der Waals surface area contributed by atoms with Crippen molar-refractivity contribution in [3.05, 3.63) is 23.3 Å². The van der Waals surface area contributed by atoms with Crippen LogP contribution in [0.3, 0.4) is 0 Å². The Kier molecular flexibility index (Phi) is 2.95. The van der Waals surface area contributed by atoms with Crippen LogP contribution in [-0.4, -0.2) is 44.3 Å². The van der Waals surface area contributed by atoms with Gasteiger partial charge in [-0.25, -0.2) is 0 Å². The van der Waals surface area contributed by atoms with Crippen LogP contribution in [0, 0.1) is 11.3 Å². The second-order valence-corrected chi connectivity index (χ2v) is 9.24. The molecule has 0 aromatic heterocycles. The van der Waals surface area contributed by atoms with Crippen molar-refractivity contribution in [1.29, 1.82) is 0 Å². The maximum Gasteiger partial charge on any atom is 0.165 e. The number of carbonyl (C=O) groups is 1. The van der Waals surface area contributed by atoms with Crippen LogP contribution in [0.2, 0.25) is 0 Å². The number of rotatable bonds is 3. The Morgan fingerprint density at radius 2 is 2.11 bits per heavy atom. The molecule has 3 saturated carbocycles.